The molecule has 8 heteroatoms. The van der Waals surface area contributed by atoms with Gasteiger partial charge in [0.15, 0.2) is 6.61 Å². The van der Waals surface area contributed by atoms with Crippen molar-refractivity contribution in [2.24, 2.45) is 0 Å². The first-order valence-corrected chi connectivity index (χ1v) is 9.42. The Labute approximate surface area is 154 Å². The van der Waals surface area contributed by atoms with Crippen LogP contribution in [0.3, 0.4) is 0 Å². The van der Waals surface area contributed by atoms with Gasteiger partial charge < -0.3 is 15.4 Å². The number of carbonyl (C=O) groups excluding carboxylic acids is 3. The lowest BCUT2D eigenvalue weighted by molar-refractivity contribution is -0.124. The zero-order chi connectivity index (χ0) is 18.4. The molecular weight excluding hydrogens is 360 g/mol. The molecule has 134 valence electrons. The van der Waals surface area contributed by atoms with E-state index in [-0.39, 0.29) is 18.4 Å². The van der Waals surface area contributed by atoms with Gasteiger partial charge in [0.1, 0.15) is 5.00 Å². The Bertz CT molecular complexity index is 766. The highest BCUT2D eigenvalue weighted by molar-refractivity contribution is 7.16. The molecule has 2 heterocycles. The normalized spacial score (nSPS) is 10.4. The third-order valence-electron chi connectivity index (χ3n) is 3.49. The SMILES string of the molecule is CC(=O)Nc1sc(C)c(C)c1C(=O)OCC(=O)NCCc1cccs1. The summed E-state index contributed by atoms with van der Waals surface area (Å²) in [4.78, 5) is 37.5. The molecule has 0 aliphatic carbocycles. The number of carbonyl (C=O) groups is 3. The van der Waals surface area contributed by atoms with Gasteiger partial charge in [0.2, 0.25) is 5.91 Å². The first kappa shape index (κ1) is 19.1. The summed E-state index contributed by atoms with van der Waals surface area (Å²) in [7, 11) is 0. The molecule has 2 aromatic rings. The summed E-state index contributed by atoms with van der Waals surface area (Å²) in [6.45, 7) is 5.16. The van der Waals surface area contributed by atoms with Crippen LogP contribution in [-0.2, 0) is 20.7 Å². The van der Waals surface area contributed by atoms with E-state index >= 15 is 0 Å². The van der Waals surface area contributed by atoms with Crippen LogP contribution in [0, 0.1) is 13.8 Å². The average Bonchev–Trinajstić information content (AvgIpc) is 3.14. The Morgan fingerprint density at radius 1 is 1.24 bits per heavy atom. The average molecular weight is 380 g/mol. The van der Waals surface area contributed by atoms with Crippen molar-refractivity contribution in [2.45, 2.75) is 27.2 Å². The number of amides is 2. The predicted octanol–water partition coefficient (Wildman–Crippen LogP) is 2.90. The third-order valence-corrected chi connectivity index (χ3v) is 5.55. The van der Waals surface area contributed by atoms with Gasteiger partial charge in [0.25, 0.3) is 5.91 Å². The molecule has 0 aromatic carbocycles. The highest BCUT2D eigenvalue weighted by Crippen LogP contribution is 2.32. The fourth-order valence-electron chi connectivity index (χ4n) is 2.15. The van der Waals surface area contributed by atoms with Crippen LogP contribution in [0.2, 0.25) is 0 Å². The lowest BCUT2D eigenvalue weighted by Gasteiger charge is -2.08. The molecule has 0 spiro atoms. The van der Waals surface area contributed by atoms with Crippen LogP contribution in [0.4, 0.5) is 5.00 Å². The van der Waals surface area contributed by atoms with E-state index < -0.39 is 5.97 Å². The fourth-order valence-corrected chi connectivity index (χ4v) is 3.96. The maximum Gasteiger partial charge on any atom is 0.341 e. The summed E-state index contributed by atoms with van der Waals surface area (Å²) >= 11 is 2.94. The molecule has 2 N–H and O–H groups in total. The maximum absolute atomic E-state index is 12.3. The second-order valence-corrected chi connectivity index (χ2v) is 7.68. The van der Waals surface area contributed by atoms with Crippen molar-refractivity contribution in [3.63, 3.8) is 0 Å². The van der Waals surface area contributed by atoms with E-state index in [4.69, 9.17) is 4.74 Å². The molecular formula is C17H20N2O4S2. The number of ether oxygens (including phenoxy) is 1. The molecule has 6 nitrogen and oxygen atoms in total. The quantitative estimate of drug-likeness (QED) is 0.724. The number of thiophene rings is 2. The summed E-state index contributed by atoms with van der Waals surface area (Å²) < 4.78 is 5.10. The van der Waals surface area contributed by atoms with Crippen molar-refractivity contribution in [3.8, 4) is 0 Å². The van der Waals surface area contributed by atoms with Crippen molar-refractivity contribution >= 4 is 45.5 Å². The van der Waals surface area contributed by atoms with E-state index in [1.54, 1.807) is 18.3 Å². The summed E-state index contributed by atoms with van der Waals surface area (Å²) in [5.41, 5.74) is 1.06. The second kappa shape index (κ2) is 8.77. The first-order chi connectivity index (χ1) is 11.9. The van der Waals surface area contributed by atoms with Crippen LogP contribution < -0.4 is 10.6 Å². The third kappa shape index (κ3) is 5.40. The summed E-state index contributed by atoms with van der Waals surface area (Å²) in [5.74, 6) is -1.23. The van der Waals surface area contributed by atoms with Gasteiger partial charge in [-0.25, -0.2) is 4.79 Å². The van der Waals surface area contributed by atoms with E-state index in [9.17, 15) is 14.4 Å². The van der Waals surface area contributed by atoms with Gasteiger partial charge in [-0.05, 0) is 37.3 Å². The zero-order valence-electron chi connectivity index (χ0n) is 14.3. The minimum atomic E-state index is -0.612. The molecule has 2 amide bonds. The molecule has 25 heavy (non-hydrogen) atoms. The molecule has 0 saturated carbocycles. The number of nitrogens with one attached hydrogen (secondary N) is 2. The maximum atomic E-state index is 12.3. The summed E-state index contributed by atoms with van der Waals surface area (Å²) in [5, 5.41) is 7.78. The molecule has 0 unspecified atom stereocenters. The number of hydrogen-bond donors (Lipinski definition) is 2. The summed E-state index contributed by atoms with van der Waals surface area (Å²) in [6.07, 6.45) is 0.743. The van der Waals surface area contributed by atoms with Gasteiger partial charge in [-0.1, -0.05) is 6.07 Å². The van der Waals surface area contributed by atoms with Crippen LogP contribution in [0.1, 0.15) is 32.6 Å². The van der Waals surface area contributed by atoms with Crippen LogP contribution in [0.15, 0.2) is 17.5 Å². The van der Waals surface area contributed by atoms with E-state index in [1.165, 1.54) is 23.1 Å². The Hall–Kier alpha value is -2.19. The Kier molecular flexibility index (Phi) is 6.72. The predicted molar refractivity (Wildman–Crippen MR) is 99.4 cm³/mol. The monoisotopic (exact) mass is 380 g/mol. The molecule has 0 fully saturated rings. The topological polar surface area (TPSA) is 84.5 Å². The second-order valence-electron chi connectivity index (χ2n) is 5.42. The van der Waals surface area contributed by atoms with Crippen LogP contribution in [-0.4, -0.2) is 30.9 Å². The van der Waals surface area contributed by atoms with E-state index in [1.807, 2.05) is 24.4 Å². The Morgan fingerprint density at radius 2 is 2.00 bits per heavy atom. The Balaban J connectivity index is 1.87. The Morgan fingerprint density at radius 3 is 2.64 bits per heavy atom. The minimum absolute atomic E-state index is 0.262. The van der Waals surface area contributed by atoms with Crippen molar-refractivity contribution in [1.29, 1.82) is 0 Å². The molecule has 0 aliphatic heterocycles. The lowest BCUT2D eigenvalue weighted by atomic mass is 10.1. The van der Waals surface area contributed by atoms with Gasteiger partial charge >= 0.3 is 5.97 Å². The van der Waals surface area contributed by atoms with Crippen molar-refractivity contribution in [2.75, 3.05) is 18.5 Å². The first-order valence-electron chi connectivity index (χ1n) is 7.72. The molecule has 0 atom stereocenters. The molecule has 0 aliphatic rings. The van der Waals surface area contributed by atoms with Crippen LogP contribution in [0.25, 0.3) is 0 Å². The smallest absolute Gasteiger partial charge is 0.341 e. The molecule has 2 aromatic heterocycles. The number of rotatable bonds is 7. The van der Waals surface area contributed by atoms with Gasteiger partial charge in [-0.2, -0.15) is 0 Å². The largest absolute Gasteiger partial charge is 0.452 e. The highest BCUT2D eigenvalue weighted by Gasteiger charge is 2.22. The van der Waals surface area contributed by atoms with E-state index in [0.717, 1.165) is 16.9 Å². The highest BCUT2D eigenvalue weighted by atomic mass is 32.1. The van der Waals surface area contributed by atoms with Gasteiger partial charge in [-0.3, -0.25) is 9.59 Å². The van der Waals surface area contributed by atoms with Gasteiger partial charge in [0, 0.05) is 23.2 Å². The van der Waals surface area contributed by atoms with Gasteiger partial charge in [0.05, 0.1) is 5.56 Å². The van der Waals surface area contributed by atoms with Crippen LogP contribution >= 0.6 is 22.7 Å². The van der Waals surface area contributed by atoms with Crippen molar-refractivity contribution in [1.82, 2.24) is 5.32 Å². The van der Waals surface area contributed by atoms with Crippen LogP contribution in [0.5, 0.6) is 0 Å². The fraction of sp³-hybridized carbons (Fsp3) is 0.353. The van der Waals surface area contributed by atoms with E-state index in [2.05, 4.69) is 10.6 Å². The lowest BCUT2D eigenvalue weighted by Crippen LogP contribution is -2.30. The summed E-state index contributed by atoms with van der Waals surface area (Å²) in [6, 6.07) is 3.96. The zero-order valence-corrected chi connectivity index (χ0v) is 15.9. The van der Waals surface area contributed by atoms with Gasteiger partial charge in [-0.15, -0.1) is 22.7 Å². The molecule has 0 bridgehead atoms. The molecule has 0 saturated heterocycles. The van der Waals surface area contributed by atoms with E-state index in [0.29, 0.717) is 17.1 Å². The number of hydrogen-bond acceptors (Lipinski definition) is 6. The number of aryl methyl sites for hydroxylation is 1. The minimum Gasteiger partial charge on any atom is -0.452 e. The van der Waals surface area contributed by atoms with Crippen molar-refractivity contribution in [3.05, 3.63) is 38.4 Å². The number of anilines is 1. The molecule has 2 rings (SSSR count). The van der Waals surface area contributed by atoms with Crippen molar-refractivity contribution < 1.29 is 19.1 Å². The number of esters is 1. The molecule has 0 radical (unpaired) electrons. The standard InChI is InChI=1S/C17H20N2O4S2/c1-10-11(2)25-16(19-12(3)20)15(10)17(22)23-9-14(21)18-7-6-13-5-4-8-24-13/h4-5,8H,6-7,9H2,1-3H3,(H,18,21)(H,19,20).